The molecule has 1 atom stereocenters. The summed E-state index contributed by atoms with van der Waals surface area (Å²) in [6.07, 6.45) is 0.439. The molecule has 1 unspecified atom stereocenters. The minimum Gasteiger partial charge on any atom is -0.329 e. The van der Waals surface area contributed by atoms with Gasteiger partial charge in [-0.3, -0.25) is 9.36 Å². The van der Waals surface area contributed by atoms with Crippen molar-refractivity contribution in [1.82, 2.24) is 14.9 Å². The molecule has 4 aromatic rings. The normalized spacial score (nSPS) is 14.0. The van der Waals surface area contributed by atoms with Crippen molar-refractivity contribution in [3.05, 3.63) is 78.6 Å². The summed E-state index contributed by atoms with van der Waals surface area (Å²) >= 11 is 0. The van der Waals surface area contributed by atoms with Gasteiger partial charge in [-0.25, -0.2) is 9.78 Å². The summed E-state index contributed by atoms with van der Waals surface area (Å²) in [5.41, 5.74) is 5.96. The molecule has 2 amide bonds. The van der Waals surface area contributed by atoms with E-state index in [1.54, 1.807) is 29.8 Å². The van der Waals surface area contributed by atoms with E-state index in [9.17, 15) is 22.8 Å². The number of nitrogens with zero attached hydrogens (tertiary/aromatic N) is 2. The molecule has 1 heterocycles. The lowest BCUT2D eigenvalue weighted by Crippen LogP contribution is -2.36. The molecule has 1 fully saturated rings. The van der Waals surface area contributed by atoms with E-state index in [2.05, 4.69) is 10.3 Å². The Balaban J connectivity index is 1.27. The van der Waals surface area contributed by atoms with Gasteiger partial charge in [0, 0.05) is 29.4 Å². The van der Waals surface area contributed by atoms with E-state index < -0.39 is 18.8 Å². The van der Waals surface area contributed by atoms with Crippen LogP contribution in [0.3, 0.4) is 0 Å². The summed E-state index contributed by atoms with van der Waals surface area (Å²) in [4.78, 5) is 29.1. The van der Waals surface area contributed by atoms with Crippen LogP contribution in [-0.2, 0) is 4.79 Å². The van der Waals surface area contributed by atoms with Gasteiger partial charge in [0.1, 0.15) is 18.7 Å². The molecule has 0 bridgehead atoms. The SMILES string of the molecule is CC(C(=O)CC(=N)CC1CC1)c1ccc(-c2ccc3c(c2)ncn3-c2cccc(NC(=O)NCC(F)(F)F)c2)cc1. The number of hydrogen-bond donors (Lipinski definition) is 3. The summed E-state index contributed by atoms with van der Waals surface area (Å²) in [5, 5.41) is 12.3. The first-order chi connectivity index (χ1) is 19.6. The Hall–Kier alpha value is -4.47. The molecule has 1 saturated carbocycles. The lowest BCUT2D eigenvalue weighted by atomic mass is 9.91. The van der Waals surface area contributed by atoms with Crippen LogP contribution in [0, 0.1) is 11.3 Å². The van der Waals surface area contributed by atoms with Gasteiger partial charge in [0.25, 0.3) is 0 Å². The van der Waals surface area contributed by atoms with E-state index in [1.165, 1.54) is 12.8 Å². The molecule has 1 aliphatic carbocycles. The quantitative estimate of drug-likeness (QED) is 0.178. The zero-order valence-corrected chi connectivity index (χ0v) is 22.5. The topological polar surface area (TPSA) is 99.9 Å². The van der Waals surface area contributed by atoms with Gasteiger partial charge < -0.3 is 16.0 Å². The van der Waals surface area contributed by atoms with Gasteiger partial charge in [0.05, 0.1) is 11.0 Å². The van der Waals surface area contributed by atoms with Crippen molar-refractivity contribution >= 4 is 34.2 Å². The molecule has 5 rings (SSSR count). The molecule has 0 radical (unpaired) electrons. The molecule has 1 aromatic heterocycles. The highest BCUT2D eigenvalue weighted by atomic mass is 19.4. The number of anilines is 1. The molecule has 3 N–H and O–H groups in total. The maximum atomic E-state index is 12.7. The number of carbonyl (C=O) groups excluding carboxylic acids is 2. The van der Waals surface area contributed by atoms with Gasteiger partial charge in [0.2, 0.25) is 0 Å². The minimum absolute atomic E-state index is 0.0663. The number of aromatic nitrogens is 2. The fraction of sp³-hybridized carbons (Fsp3) is 0.290. The highest BCUT2D eigenvalue weighted by Crippen LogP contribution is 2.33. The fourth-order valence-electron chi connectivity index (χ4n) is 4.74. The molecule has 0 saturated heterocycles. The Morgan fingerprint density at radius 1 is 1.05 bits per heavy atom. The number of imidazole rings is 1. The second kappa shape index (κ2) is 11.6. The third kappa shape index (κ3) is 7.19. The van der Waals surface area contributed by atoms with Gasteiger partial charge in [-0.1, -0.05) is 43.3 Å². The first-order valence-corrected chi connectivity index (χ1v) is 13.4. The standard InChI is InChI=1S/C31H30F3N5O2/c1-19(29(40)15-24(35)13-20-5-6-20)21-7-9-22(10-8-21)23-11-12-28-27(14-23)37-18-39(28)26-4-2-3-25(16-26)38-30(41)36-17-31(32,33)34/h2-4,7-12,14,16,18-20,35H,5-6,13,15,17H2,1H3,(H2,36,38,41). The number of nitrogens with one attached hydrogen (secondary N) is 3. The van der Waals surface area contributed by atoms with Crippen molar-refractivity contribution < 1.29 is 22.8 Å². The minimum atomic E-state index is -4.49. The molecule has 3 aromatic carbocycles. The van der Waals surface area contributed by atoms with Crippen molar-refractivity contribution in [3.63, 3.8) is 0 Å². The third-order valence-corrected chi connectivity index (χ3v) is 7.23. The number of hydrogen-bond acceptors (Lipinski definition) is 4. The summed E-state index contributed by atoms with van der Waals surface area (Å²) in [6, 6.07) is 19.5. The lowest BCUT2D eigenvalue weighted by Gasteiger charge is -2.13. The Bertz CT molecular complexity index is 1590. The van der Waals surface area contributed by atoms with Crippen LogP contribution in [0.2, 0.25) is 0 Å². The molecule has 1 aliphatic rings. The highest BCUT2D eigenvalue weighted by molar-refractivity contribution is 6.03. The van der Waals surface area contributed by atoms with Crippen LogP contribution in [0.4, 0.5) is 23.7 Å². The highest BCUT2D eigenvalue weighted by Gasteiger charge is 2.28. The predicted octanol–water partition coefficient (Wildman–Crippen LogP) is 7.26. The number of alkyl halides is 3. The number of ketones is 1. The van der Waals surface area contributed by atoms with E-state index in [0.717, 1.165) is 34.1 Å². The van der Waals surface area contributed by atoms with E-state index in [0.29, 0.717) is 23.0 Å². The van der Waals surface area contributed by atoms with Crippen LogP contribution in [-0.4, -0.2) is 39.8 Å². The predicted molar refractivity (Wildman–Crippen MR) is 153 cm³/mol. The second-order valence-electron chi connectivity index (χ2n) is 10.5. The lowest BCUT2D eigenvalue weighted by molar-refractivity contribution is -0.122. The molecular formula is C31H30F3N5O2. The number of urea groups is 1. The monoisotopic (exact) mass is 561 g/mol. The average Bonchev–Trinajstić information content (AvgIpc) is 3.65. The number of Topliss-reactive ketones (excluding diaryl/α,β-unsaturated/α-hetero) is 1. The first kappa shape index (κ1) is 28.1. The van der Waals surface area contributed by atoms with Crippen molar-refractivity contribution in [3.8, 4) is 16.8 Å². The number of fused-ring (bicyclic) bond motifs is 1. The summed E-state index contributed by atoms with van der Waals surface area (Å²) in [7, 11) is 0. The zero-order valence-electron chi connectivity index (χ0n) is 22.5. The molecular weight excluding hydrogens is 531 g/mol. The van der Waals surface area contributed by atoms with E-state index in [4.69, 9.17) is 5.41 Å². The Labute approximate surface area is 235 Å². The van der Waals surface area contributed by atoms with Gasteiger partial charge in [-0.15, -0.1) is 0 Å². The molecule has 212 valence electrons. The summed E-state index contributed by atoms with van der Waals surface area (Å²) < 4.78 is 38.9. The molecule has 0 spiro atoms. The van der Waals surface area contributed by atoms with Gasteiger partial charge in [-0.05, 0) is 72.2 Å². The van der Waals surface area contributed by atoms with Crippen LogP contribution in [0.1, 0.15) is 44.1 Å². The van der Waals surface area contributed by atoms with Crippen LogP contribution in [0.25, 0.3) is 27.8 Å². The van der Waals surface area contributed by atoms with Gasteiger partial charge in [-0.2, -0.15) is 13.2 Å². The Morgan fingerprint density at radius 3 is 2.49 bits per heavy atom. The maximum Gasteiger partial charge on any atom is 0.405 e. The average molecular weight is 562 g/mol. The van der Waals surface area contributed by atoms with Crippen LogP contribution in [0.15, 0.2) is 73.1 Å². The third-order valence-electron chi connectivity index (χ3n) is 7.23. The smallest absolute Gasteiger partial charge is 0.329 e. The number of carbonyl (C=O) groups is 2. The molecule has 7 nitrogen and oxygen atoms in total. The van der Waals surface area contributed by atoms with Crippen molar-refractivity contribution in [2.45, 2.75) is 44.7 Å². The second-order valence-corrected chi connectivity index (χ2v) is 10.5. The fourth-order valence-corrected chi connectivity index (χ4v) is 4.74. The summed E-state index contributed by atoms with van der Waals surface area (Å²) in [6.45, 7) is 0.471. The van der Waals surface area contributed by atoms with E-state index in [1.807, 2.05) is 60.0 Å². The Morgan fingerprint density at radius 2 is 1.78 bits per heavy atom. The zero-order chi connectivity index (χ0) is 29.1. The summed E-state index contributed by atoms with van der Waals surface area (Å²) in [5.74, 6) is 0.392. The first-order valence-electron chi connectivity index (χ1n) is 13.4. The van der Waals surface area contributed by atoms with Gasteiger partial charge in [0.15, 0.2) is 0 Å². The van der Waals surface area contributed by atoms with Gasteiger partial charge >= 0.3 is 12.2 Å². The van der Waals surface area contributed by atoms with Crippen molar-refractivity contribution in [1.29, 1.82) is 5.41 Å². The van der Waals surface area contributed by atoms with Crippen LogP contribution in [0.5, 0.6) is 0 Å². The van der Waals surface area contributed by atoms with E-state index >= 15 is 0 Å². The number of benzene rings is 3. The van der Waals surface area contributed by atoms with Crippen LogP contribution >= 0.6 is 0 Å². The Kier molecular flexibility index (Phi) is 7.92. The largest absolute Gasteiger partial charge is 0.405 e. The molecule has 0 aliphatic heterocycles. The number of amides is 2. The van der Waals surface area contributed by atoms with Crippen molar-refractivity contribution in [2.24, 2.45) is 5.92 Å². The van der Waals surface area contributed by atoms with Crippen molar-refractivity contribution in [2.75, 3.05) is 11.9 Å². The number of halogens is 3. The number of rotatable bonds is 10. The molecule has 41 heavy (non-hydrogen) atoms. The van der Waals surface area contributed by atoms with E-state index in [-0.39, 0.29) is 18.1 Å². The molecule has 10 heteroatoms. The van der Waals surface area contributed by atoms with Crippen LogP contribution < -0.4 is 10.6 Å². The maximum absolute atomic E-state index is 12.7.